The van der Waals surface area contributed by atoms with Crippen molar-refractivity contribution < 1.29 is 4.74 Å². The second-order valence-corrected chi connectivity index (χ2v) is 7.73. The highest BCUT2D eigenvalue weighted by molar-refractivity contribution is 6.12. The first kappa shape index (κ1) is 17.8. The molecule has 3 aromatic carbocycles. The second kappa shape index (κ2) is 7.03. The summed E-state index contributed by atoms with van der Waals surface area (Å²) in [5.41, 5.74) is 6.80. The van der Waals surface area contributed by atoms with E-state index in [1.807, 2.05) is 18.3 Å². The Morgan fingerprint density at radius 1 is 0.806 bits per heavy atom. The normalized spacial score (nSPS) is 11.5. The molecule has 0 N–H and O–H groups in total. The topological polar surface area (TPSA) is 31.5 Å². The zero-order valence-electron chi connectivity index (χ0n) is 17.2. The van der Waals surface area contributed by atoms with Crippen LogP contribution in [0.25, 0.3) is 38.7 Å². The van der Waals surface area contributed by atoms with Gasteiger partial charge in [0, 0.05) is 34.6 Å². The van der Waals surface area contributed by atoms with Crippen molar-refractivity contribution in [3.63, 3.8) is 0 Å². The first-order valence-electron chi connectivity index (χ1n) is 10.4. The quantitative estimate of drug-likeness (QED) is 0.353. The minimum Gasteiger partial charge on any atom is -0.497 e. The van der Waals surface area contributed by atoms with Gasteiger partial charge < -0.3 is 9.30 Å². The fourth-order valence-corrected chi connectivity index (χ4v) is 4.48. The summed E-state index contributed by atoms with van der Waals surface area (Å²) >= 11 is 0. The van der Waals surface area contributed by atoms with Gasteiger partial charge in [-0.05, 0) is 42.0 Å². The van der Waals surface area contributed by atoms with Gasteiger partial charge in [0.05, 0.1) is 24.5 Å². The molecule has 0 saturated heterocycles. The molecule has 0 aliphatic carbocycles. The summed E-state index contributed by atoms with van der Waals surface area (Å²) in [7, 11) is 1.69. The highest BCUT2D eigenvalue weighted by Crippen LogP contribution is 2.34. The van der Waals surface area contributed by atoms with Crippen molar-refractivity contribution in [2.24, 2.45) is 0 Å². The summed E-state index contributed by atoms with van der Waals surface area (Å²) in [6.45, 7) is 0.801. The molecule has 6 aromatic rings. The Labute approximate surface area is 180 Å². The van der Waals surface area contributed by atoms with E-state index in [1.165, 1.54) is 21.9 Å². The lowest BCUT2D eigenvalue weighted by molar-refractivity contribution is 0.415. The third kappa shape index (κ3) is 2.80. The van der Waals surface area contributed by atoms with Crippen molar-refractivity contribution in [1.82, 2.24) is 14.0 Å². The fraction of sp³-hybridized carbons (Fsp3) is 0.0741. The van der Waals surface area contributed by atoms with E-state index in [1.54, 1.807) is 7.11 Å². The Kier molecular flexibility index (Phi) is 4.03. The van der Waals surface area contributed by atoms with Crippen molar-refractivity contribution >= 4 is 27.5 Å². The molecule has 0 aliphatic heterocycles. The van der Waals surface area contributed by atoms with E-state index in [0.29, 0.717) is 0 Å². The van der Waals surface area contributed by atoms with Gasteiger partial charge in [0.25, 0.3) is 0 Å². The van der Waals surface area contributed by atoms with Crippen LogP contribution < -0.4 is 4.74 Å². The van der Waals surface area contributed by atoms with Crippen LogP contribution in [0.1, 0.15) is 5.56 Å². The monoisotopic (exact) mass is 403 g/mol. The third-order valence-electron chi connectivity index (χ3n) is 5.98. The lowest BCUT2D eigenvalue weighted by Gasteiger charge is -2.09. The van der Waals surface area contributed by atoms with Crippen molar-refractivity contribution in [2.75, 3.05) is 7.11 Å². The highest BCUT2D eigenvalue weighted by atomic mass is 16.5. The number of imidazole rings is 1. The van der Waals surface area contributed by atoms with Crippen LogP contribution in [0.5, 0.6) is 5.75 Å². The maximum absolute atomic E-state index is 5.31. The van der Waals surface area contributed by atoms with E-state index < -0.39 is 0 Å². The van der Waals surface area contributed by atoms with Gasteiger partial charge in [0.15, 0.2) is 5.65 Å². The molecule has 0 saturated carbocycles. The number of benzene rings is 3. The second-order valence-electron chi connectivity index (χ2n) is 7.73. The van der Waals surface area contributed by atoms with Gasteiger partial charge in [-0.2, -0.15) is 0 Å². The number of pyridine rings is 1. The van der Waals surface area contributed by atoms with E-state index in [4.69, 9.17) is 9.72 Å². The molecule has 0 radical (unpaired) electrons. The summed E-state index contributed by atoms with van der Waals surface area (Å²) in [5, 5.41) is 2.48. The van der Waals surface area contributed by atoms with Crippen LogP contribution in [-0.4, -0.2) is 21.1 Å². The van der Waals surface area contributed by atoms with Crippen LogP contribution >= 0.6 is 0 Å². The third-order valence-corrected chi connectivity index (χ3v) is 5.98. The molecular formula is C27H21N3O. The van der Waals surface area contributed by atoms with Crippen LogP contribution in [0.4, 0.5) is 0 Å². The van der Waals surface area contributed by atoms with Crippen LogP contribution in [0.2, 0.25) is 0 Å². The fourth-order valence-electron chi connectivity index (χ4n) is 4.48. The van der Waals surface area contributed by atoms with Gasteiger partial charge in [-0.25, -0.2) is 4.98 Å². The molecule has 0 fully saturated rings. The Hall–Kier alpha value is -4.05. The summed E-state index contributed by atoms with van der Waals surface area (Å²) in [4.78, 5) is 4.87. The average molecular weight is 403 g/mol. The van der Waals surface area contributed by atoms with Crippen LogP contribution in [-0.2, 0) is 6.54 Å². The van der Waals surface area contributed by atoms with Gasteiger partial charge in [-0.3, -0.25) is 4.40 Å². The van der Waals surface area contributed by atoms with Crippen molar-refractivity contribution in [1.29, 1.82) is 0 Å². The summed E-state index contributed by atoms with van der Waals surface area (Å²) in [6.07, 6.45) is 4.09. The molecule has 31 heavy (non-hydrogen) atoms. The molecule has 0 aliphatic rings. The van der Waals surface area contributed by atoms with Crippen molar-refractivity contribution in [2.45, 2.75) is 6.54 Å². The number of aromatic nitrogens is 3. The number of hydrogen-bond donors (Lipinski definition) is 0. The number of rotatable bonds is 4. The summed E-state index contributed by atoms with van der Waals surface area (Å²) in [6, 6.07) is 29.5. The van der Waals surface area contributed by atoms with Gasteiger partial charge in [0.2, 0.25) is 0 Å². The van der Waals surface area contributed by atoms with Crippen molar-refractivity contribution in [3.05, 3.63) is 103 Å². The van der Waals surface area contributed by atoms with Crippen molar-refractivity contribution in [3.8, 4) is 17.0 Å². The zero-order valence-corrected chi connectivity index (χ0v) is 17.2. The standard InChI is InChI=1S/C27H21N3O/c1-31-21-13-11-20(12-14-21)25-17-28-27-26-23(15-16-29(25)27)22-9-5-6-10-24(22)30(26)18-19-7-3-2-4-8-19/h2-17H,18H2,1H3. The maximum atomic E-state index is 5.31. The van der Waals surface area contributed by atoms with Gasteiger partial charge >= 0.3 is 0 Å². The SMILES string of the molecule is COc1ccc(-c2cnc3c4c(ccn23)c2ccccc2n4Cc2ccccc2)cc1. The van der Waals surface area contributed by atoms with E-state index in [0.717, 1.165) is 34.7 Å². The van der Waals surface area contributed by atoms with Crippen LogP contribution in [0.3, 0.4) is 0 Å². The molecular weight excluding hydrogens is 382 g/mol. The van der Waals surface area contributed by atoms with E-state index in [9.17, 15) is 0 Å². The predicted octanol–water partition coefficient (Wildman–Crippen LogP) is 6.17. The first-order valence-corrected chi connectivity index (χ1v) is 10.4. The summed E-state index contributed by atoms with van der Waals surface area (Å²) in [5.74, 6) is 0.850. The lowest BCUT2D eigenvalue weighted by Crippen LogP contribution is -2.01. The molecule has 4 nitrogen and oxygen atoms in total. The lowest BCUT2D eigenvalue weighted by atomic mass is 10.1. The molecule has 0 amide bonds. The maximum Gasteiger partial charge on any atom is 0.161 e. The molecule has 150 valence electrons. The first-order chi connectivity index (χ1) is 15.3. The minimum atomic E-state index is 0.801. The van der Waals surface area contributed by atoms with E-state index in [2.05, 4.69) is 88.0 Å². The van der Waals surface area contributed by atoms with E-state index in [-0.39, 0.29) is 0 Å². The number of hydrogen-bond acceptors (Lipinski definition) is 2. The number of methoxy groups -OCH3 is 1. The molecule has 3 aromatic heterocycles. The number of fused-ring (bicyclic) bond motifs is 5. The van der Waals surface area contributed by atoms with Gasteiger partial charge in [-0.1, -0.05) is 48.5 Å². The van der Waals surface area contributed by atoms with Gasteiger partial charge in [-0.15, -0.1) is 0 Å². The Morgan fingerprint density at radius 2 is 1.58 bits per heavy atom. The zero-order chi connectivity index (χ0) is 20.8. The molecule has 0 bridgehead atoms. The Balaban J connectivity index is 1.62. The molecule has 4 heteroatoms. The van der Waals surface area contributed by atoms with Crippen LogP contribution in [0.15, 0.2) is 97.3 Å². The number of nitrogens with zero attached hydrogens (tertiary/aromatic N) is 3. The molecule has 3 heterocycles. The number of para-hydroxylation sites is 1. The predicted molar refractivity (Wildman–Crippen MR) is 126 cm³/mol. The molecule has 0 spiro atoms. The largest absolute Gasteiger partial charge is 0.497 e. The van der Waals surface area contributed by atoms with Gasteiger partial charge in [0.1, 0.15) is 5.75 Å². The molecule has 0 unspecified atom stereocenters. The number of ether oxygens (including phenoxy) is 1. The minimum absolute atomic E-state index is 0.801. The van der Waals surface area contributed by atoms with Crippen LogP contribution in [0, 0.1) is 0 Å². The smallest absolute Gasteiger partial charge is 0.161 e. The molecule has 6 rings (SSSR count). The summed E-state index contributed by atoms with van der Waals surface area (Å²) < 4.78 is 9.89. The molecule has 0 atom stereocenters. The highest BCUT2D eigenvalue weighted by Gasteiger charge is 2.17. The van der Waals surface area contributed by atoms with E-state index >= 15 is 0 Å². The Morgan fingerprint density at radius 3 is 2.39 bits per heavy atom. The average Bonchev–Trinajstić information content (AvgIpc) is 3.40. The Bertz CT molecular complexity index is 1530.